The first-order chi connectivity index (χ1) is 5.75. The van der Waals surface area contributed by atoms with Crippen molar-refractivity contribution >= 4 is 11.6 Å². The van der Waals surface area contributed by atoms with E-state index < -0.39 is 0 Å². The second-order valence-corrected chi connectivity index (χ2v) is 5.54. The third-order valence-corrected chi connectivity index (χ3v) is 4.04. The Morgan fingerprint density at radius 3 is 2.67 bits per heavy atom. The van der Waals surface area contributed by atoms with Gasteiger partial charge in [0.05, 0.1) is 0 Å². The summed E-state index contributed by atoms with van der Waals surface area (Å²) in [6.45, 7) is 2.12. The fourth-order valence-electron chi connectivity index (χ4n) is 3.17. The molecule has 0 aromatic rings. The minimum atomic E-state index is 0.393. The lowest BCUT2D eigenvalue weighted by Crippen LogP contribution is -2.11. The van der Waals surface area contributed by atoms with Gasteiger partial charge >= 0.3 is 0 Å². The Bertz CT molecular complexity index is 153. The summed E-state index contributed by atoms with van der Waals surface area (Å²) in [5, 5.41) is 0.393. The van der Waals surface area contributed by atoms with Gasteiger partial charge in [-0.15, -0.1) is 11.6 Å². The molecule has 2 saturated carbocycles. The number of hydrogen-bond acceptors (Lipinski definition) is 0. The monoisotopic (exact) mass is 186 g/mol. The van der Waals surface area contributed by atoms with Crippen molar-refractivity contribution in [3.63, 3.8) is 0 Å². The lowest BCUT2D eigenvalue weighted by Gasteiger charge is -2.21. The van der Waals surface area contributed by atoms with E-state index in [2.05, 4.69) is 6.92 Å². The highest BCUT2D eigenvalue weighted by Crippen LogP contribution is 2.50. The van der Waals surface area contributed by atoms with Gasteiger partial charge in [-0.3, -0.25) is 0 Å². The Morgan fingerprint density at radius 2 is 2.17 bits per heavy atom. The van der Waals surface area contributed by atoms with Crippen LogP contribution in [0.3, 0.4) is 0 Å². The van der Waals surface area contributed by atoms with Crippen LogP contribution in [0, 0.1) is 17.8 Å². The van der Waals surface area contributed by atoms with E-state index in [1.807, 2.05) is 0 Å². The molecule has 0 aliphatic heterocycles. The van der Waals surface area contributed by atoms with E-state index in [0.717, 1.165) is 17.8 Å². The van der Waals surface area contributed by atoms with Gasteiger partial charge in [0.25, 0.3) is 0 Å². The summed E-state index contributed by atoms with van der Waals surface area (Å²) >= 11 is 5.96. The second-order valence-electron chi connectivity index (χ2n) is 4.79. The smallest absolute Gasteiger partial charge is 0.0307 e. The zero-order valence-corrected chi connectivity index (χ0v) is 8.69. The molecule has 2 aliphatic carbocycles. The lowest BCUT2D eigenvalue weighted by molar-refractivity contribution is 0.308. The first-order valence-electron chi connectivity index (χ1n) is 5.39. The zero-order chi connectivity index (χ0) is 8.55. The Balaban J connectivity index is 1.76. The summed E-state index contributed by atoms with van der Waals surface area (Å²) in [6.07, 6.45) is 8.74. The van der Waals surface area contributed by atoms with Gasteiger partial charge in [0, 0.05) is 5.38 Å². The summed E-state index contributed by atoms with van der Waals surface area (Å²) < 4.78 is 0. The highest BCUT2D eigenvalue weighted by molar-refractivity contribution is 6.20. The lowest BCUT2D eigenvalue weighted by atomic mass is 9.85. The molecule has 0 heterocycles. The Kier molecular flexibility index (Phi) is 2.64. The van der Waals surface area contributed by atoms with E-state index in [0.29, 0.717) is 5.38 Å². The van der Waals surface area contributed by atoms with Crippen LogP contribution in [0.15, 0.2) is 0 Å². The normalized spacial score (nSPS) is 42.0. The number of halogens is 1. The minimum Gasteiger partial charge on any atom is -0.123 e. The maximum atomic E-state index is 5.96. The second kappa shape index (κ2) is 3.57. The van der Waals surface area contributed by atoms with Gasteiger partial charge in [-0.25, -0.2) is 0 Å². The van der Waals surface area contributed by atoms with Gasteiger partial charge in [-0.2, -0.15) is 0 Å². The quantitative estimate of drug-likeness (QED) is 0.588. The molecule has 0 aromatic carbocycles. The molecule has 0 spiro atoms. The molecule has 0 saturated heterocycles. The SMILES string of the molecule is CC(Cl)CCC1CC2CCC1C2. The Morgan fingerprint density at radius 1 is 1.33 bits per heavy atom. The molecule has 0 nitrogen and oxygen atoms in total. The van der Waals surface area contributed by atoms with Gasteiger partial charge in [-0.05, 0) is 56.8 Å². The molecule has 2 bridgehead atoms. The van der Waals surface area contributed by atoms with Crippen molar-refractivity contribution in [2.24, 2.45) is 17.8 Å². The van der Waals surface area contributed by atoms with Crippen LogP contribution in [-0.2, 0) is 0 Å². The van der Waals surface area contributed by atoms with Crippen LogP contribution < -0.4 is 0 Å². The third-order valence-electron chi connectivity index (χ3n) is 3.82. The topological polar surface area (TPSA) is 0 Å². The van der Waals surface area contributed by atoms with Gasteiger partial charge in [0.15, 0.2) is 0 Å². The van der Waals surface area contributed by atoms with Crippen LogP contribution >= 0.6 is 11.6 Å². The molecule has 12 heavy (non-hydrogen) atoms. The summed E-state index contributed by atoms with van der Waals surface area (Å²) in [5.74, 6) is 3.24. The van der Waals surface area contributed by atoms with Crippen LogP contribution in [0.1, 0.15) is 45.4 Å². The average molecular weight is 187 g/mol. The molecule has 70 valence electrons. The molecule has 2 rings (SSSR count). The first-order valence-corrected chi connectivity index (χ1v) is 5.83. The predicted molar refractivity (Wildman–Crippen MR) is 53.5 cm³/mol. The van der Waals surface area contributed by atoms with E-state index in [9.17, 15) is 0 Å². The molecular weight excluding hydrogens is 168 g/mol. The predicted octanol–water partition coefficient (Wildman–Crippen LogP) is 3.83. The molecule has 2 aliphatic rings. The van der Waals surface area contributed by atoms with Crippen molar-refractivity contribution in [1.82, 2.24) is 0 Å². The van der Waals surface area contributed by atoms with Crippen molar-refractivity contribution in [1.29, 1.82) is 0 Å². The first kappa shape index (κ1) is 8.87. The Hall–Kier alpha value is 0.290. The summed E-state index contributed by atoms with van der Waals surface area (Å²) in [6, 6.07) is 0. The van der Waals surface area contributed by atoms with E-state index in [1.165, 1.54) is 32.1 Å². The van der Waals surface area contributed by atoms with Gasteiger partial charge in [0.1, 0.15) is 0 Å². The maximum Gasteiger partial charge on any atom is 0.0307 e. The van der Waals surface area contributed by atoms with Crippen molar-refractivity contribution in [2.75, 3.05) is 0 Å². The molecule has 0 amide bonds. The molecule has 4 atom stereocenters. The van der Waals surface area contributed by atoms with Crippen molar-refractivity contribution in [3.8, 4) is 0 Å². The molecule has 2 fully saturated rings. The summed E-state index contributed by atoms with van der Waals surface area (Å²) in [4.78, 5) is 0. The van der Waals surface area contributed by atoms with E-state index in [1.54, 1.807) is 6.42 Å². The molecule has 0 N–H and O–H groups in total. The summed E-state index contributed by atoms with van der Waals surface area (Å²) in [7, 11) is 0. The number of rotatable bonds is 3. The number of hydrogen-bond donors (Lipinski definition) is 0. The standard InChI is InChI=1S/C11H19Cl/c1-8(12)2-4-10-6-9-3-5-11(10)7-9/h8-11H,2-7H2,1H3. The van der Waals surface area contributed by atoms with E-state index >= 15 is 0 Å². The molecule has 0 radical (unpaired) electrons. The average Bonchev–Trinajstić information content (AvgIpc) is 2.60. The van der Waals surface area contributed by atoms with Crippen LogP contribution in [0.25, 0.3) is 0 Å². The largest absolute Gasteiger partial charge is 0.123 e. The fourth-order valence-corrected chi connectivity index (χ4v) is 3.30. The van der Waals surface area contributed by atoms with E-state index in [-0.39, 0.29) is 0 Å². The third kappa shape index (κ3) is 1.79. The van der Waals surface area contributed by atoms with Crippen LogP contribution in [0.2, 0.25) is 0 Å². The molecule has 0 aromatic heterocycles. The Labute approximate surface area is 80.7 Å². The highest BCUT2D eigenvalue weighted by Gasteiger charge is 2.38. The van der Waals surface area contributed by atoms with Gasteiger partial charge < -0.3 is 0 Å². The number of alkyl halides is 1. The molecular formula is C11H19Cl. The van der Waals surface area contributed by atoms with Gasteiger partial charge in [0.2, 0.25) is 0 Å². The highest BCUT2D eigenvalue weighted by atomic mass is 35.5. The van der Waals surface area contributed by atoms with Crippen molar-refractivity contribution in [3.05, 3.63) is 0 Å². The van der Waals surface area contributed by atoms with Crippen molar-refractivity contribution < 1.29 is 0 Å². The summed E-state index contributed by atoms with van der Waals surface area (Å²) in [5.41, 5.74) is 0. The van der Waals surface area contributed by atoms with Crippen molar-refractivity contribution in [2.45, 2.75) is 50.8 Å². The minimum absolute atomic E-state index is 0.393. The zero-order valence-electron chi connectivity index (χ0n) is 7.93. The van der Waals surface area contributed by atoms with Crippen LogP contribution in [-0.4, -0.2) is 5.38 Å². The fraction of sp³-hybridized carbons (Fsp3) is 1.00. The number of fused-ring (bicyclic) bond motifs is 2. The van der Waals surface area contributed by atoms with Gasteiger partial charge in [-0.1, -0.05) is 6.42 Å². The van der Waals surface area contributed by atoms with E-state index in [4.69, 9.17) is 11.6 Å². The molecule has 4 unspecified atom stereocenters. The van der Waals surface area contributed by atoms with Crippen LogP contribution in [0.4, 0.5) is 0 Å². The molecule has 1 heteroatoms. The van der Waals surface area contributed by atoms with Crippen LogP contribution in [0.5, 0.6) is 0 Å². The maximum absolute atomic E-state index is 5.96.